The van der Waals surface area contributed by atoms with Gasteiger partial charge in [-0.05, 0) is 18.4 Å². The first-order valence-electron chi connectivity index (χ1n) is 7.31. The summed E-state index contributed by atoms with van der Waals surface area (Å²) in [6.45, 7) is 0.263. The van der Waals surface area contributed by atoms with Crippen LogP contribution in [0.1, 0.15) is 18.4 Å². The molecule has 0 saturated heterocycles. The second-order valence-electron chi connectivity index (χ2n) is 5.57. The van der Waals surface area contributed by atoms with Gasteiger partial charge in [0, 0.05) is 6.04 Å². The molecule has 6 heteroatoms. The van der Waals surface area contributed by atoms with Crippen molar-refractivity contribution >= 4 is 12.0 Å². The van der Waals surface area contributed by atoms with Crippen molar-refractivity contribution in [2.24, 2.45) is 0 Å². The largest absolute Gasteiger partial charge is 0.510 e. The average Bonchev–Trinajstić information content (AvgIpc) is 3.25. The standard InChI is InChI=1S/C16H18N2O4/c19-14-9-18(8-13(14)15(20)17-12-6-7-12)16(21)22-10-11-4-2-1-3-5-11/h1-5,12,19H,6-10H2,(H,17,20). The number of nitrogens with one attached hydrogen (secondary N) is 1. The fraction of sp³-hybridized carbons (Fsp3) is 0.375. The van der Waals surface area contributed by atoms with Gasteiger partial charge in [0.05, 0.1) is 18.7 Å². The smallest absolute Gasteiger partial charge is 0.410 e. The Morgan fingerprint density at radius 2 is 1.95 bits per heavy atom. The summed E-state index contributed by atoms with van der Waals surface area (Å²) in [5.41, 5.74) is 1.14. The lowest BCUT2D eigenvalue weighted by atomic mass is 10.2. The lowest BCUT2D eigenvalue weighted by Crippen LogP contribution is -2.33. The number of hydrogen-bond donors (Lipinski definition) is 2. The van der Waals surface area contributed by atoms with Gasteiger partial charge in [0.2, 0.25) is 0 Å². The molecule has 0 spiro atoms. The summed E-state index contributed by atoms with van der Waals surface area (Å²) in [5, 5.41) is 12.7. The van der Waals surface area contributed by atoms with Crippen LogP contribution in [0.5, 0.6) is 0 Å². The van der Waals surface area contributed by atoms with E-state index in [1.807, 2.05) is 30.3 Å². The molecule has 1 heterocycles. The van der Waals surface area contributed by atoms with Crippen LogP contribution in [0.15, 0.2) is 41.7 Å². The zero-order valence-electron chi connectivity index (χ0n) is 12.1. The minimum absolute atomic E-state index is 0.0149. The minimum atomic E-state index is -0.537. The number of carbonyl (C=O) groups is 2. The predicted octanol–water partition coefficient (Wildman–Crippen LogP) is 1.73. The van der Waals surface area contributed by atoms with Crippen LogP contribution >= 0.6 is 0 Å². The second-order valence-corrected chi connectivity index (χ2v) is 5.57. The van der Waals surface area contributed by atoms with E-state index in [-0.39, 0.29) is 43.0 Å². The van der Waals surface area contributed by atoms with Crippen LogP contribution in [-0.4, -0.2) is 41.1 Å². The maximum absolute atomic E-state index is 12.0. The number of ether oxygens (including phenoxy) is 1. The molecule has 1 saturated carbocycles. The van der Waals surface area contributed by atoms with Crippen molar-refractivity contribution in [3.63, 3.8) is 0 Å². The summed E-state index contributed by atoms with van der Waals surface area (Å²) in [6, 6.07) is 9.56. The number of hydrogen-bond acceptors (Lipinski definition) is 4. The molecule has 0 aromatic heterocycles. The fourth-order valence-electron chi connectivity index (χ4n) is 2.26. The third-order valence-electron chi connectivity index (χ3n) is 3.69. The maximum atomic E-state index is 12.0. The molecule has 1 aliphatic heterocycles. The summed E-state index contributed by atoms with van der Waals surface area (Å²) in [4.78, 5) is 25.3. The molecule has 116 valence electrons. The van der Waals surface area contributed by atoms with Gasteiger partial charge in [0.1, 0.15) is 12.4 Å². The Bertz CT molecular complexity index is 608. The molecule has 2 N–H and O–H groups in total. The number of aliphatic hydroxyl groups excluding tert-OH is 1. The molecule has 2 aliphatic rings. The first kappa shape index (κ1) is 14.4. The monoisotopic (exact) mass is 302 g/mol. The van der Waals surface area contributed by atoms with E-state index >= 15 is 0 Å². The number of carbonyl (C=O) groups excluding carboxylic acids is 2. The topological polar surface area (TPSA) is 78.9 Å². The molecule has 1 aromatic carbocycles. The van der Waals surface area contributed by atoms with Crippen molar-refractivity contribution in [3.8, 4) is 0 Å². The van der Waals surface area contributed by atoms with E-state index in [1.165, 1.54) is 4.90 Å². The molecule has 0 unspecified atom stereocenters. The van der Waals surface area contributed by atoms with Gasteiger partial charge in [0.25, 0.3) is 5.91 Å². The van der Waals surface area contributed by atoms with Gasteiger partial charge in [-0.1, -0.05) is 30.3 Å². The second kappa shape index (κ2) is 6.09. The number of benzene rings is 1. The zero-order valence-corrected chi connectivity index (χ0v) is 12.1. The van der Waals surface area contributed by atoms with Gasteiger partial charge < -0.3 is 15.2 Å². The Hall–Kier alpha value is -2.50. The minimum Gasteiger partial charge on any atom is -0.510 e. The lowest BCUT2D eigenvalue weighted by Gasteiger charge is -2.15. The molecule has 0 radical (unpaired) electrons. The van der Waals surface area contributed by atoms with Crippen molar-refractivity contribution in [2.75, 3.05) is 13.1 Å². The summed E-state index contributed by atoms with van der Waals surface area (Å²) in [5.74, 6) is -0.354. The Labute approximate surface area is 128 Å². The summed E-state index contributed by atoms with van der Waals surface area (Å²) >= 11 is 0. The van der Waals surface area contributed by atoms with Crippen LogP contribution in [0.25, 0.3) is 0 Å². The maximum Gasteiger partial charge on any atom is 0.410 e. The van der Waals surface area contributed by atoms with Gasteiger partial charge in [0.15, 0.2) is 0 Å². The highest BCUT2D eigenvalue weighted by molar-refractivity contribution is 5.96. The zero-order chi connectivity index (χ0) is 15.5. The first-order chi connectivity index (χ1) is 10.6. The molecule has 3 rings (SSSR count). The Morgan fingerprint density at radius 1 is 1.23 bits per heavy atom. The molecule has 0 atom stereocenters. The van der Waals surface area contributed by atoms with Crippen LogP contribution in [-0.2, 0) is 16.1 Å². The SMILES string of the molecule is O=C(NC1CC1)C1=C(O)CN(C(=O)OCc2ccccc2)C1. The molecule has 1 fully saturated rings. The van der Waals surface area contributed by atoms with E-state index < -0.39 is 6.09 Å². The molecule has 6 nitrogen and oxygen atoms in total. The number of aliphatic hydroxyl groups is 1. The normalized spacial score (nSPS) is 17.5. The Kier molecular flexibility index (Phi) is 4.00. The Balaban J connectivity index is 1.51. The first-order valence-corrected chi connectivity index (χ1v) is 7.31. The van der Waals surface area contributed by atoms with Crippen molar-refractivity contribution in [1.82, 2.24) is 10.2 Å². The van der Waals surface area contributed by atoms with Crippen molar-refractivity contribution in [1.29, 1.82) is 0 Å². The number of amides is 2. The molecule has 0 bridgehead atoms. The van der Waals surface area contributed by atoms with Crippen molar-refractivity contribution < 1.29 is 19.4 Å². The van der Waals surface area contributed by atoms with E-state index in [9.17, 15) is 14.7 Å². The van der Waals surface area contributed by atoms with Crippen LogP contribution in [0, 0.1) is 0 Å². The van der Waals surface area contributed by atoms with E-state index in [0.717, 1.165) is 18.4 Å². The van der Waals surface area contributed by atoms with E-state index in [4.69, 9.17) is 4.74 Å². The summed E-state index contributed by atoms with van der Waals surface area (Å²) in [7, 11) is 0. The van der Waals surface area contributed by atoms with Gasteiger partial charge in [-0.3, -0.25) is 9.69 Å². The fourth-order valence-corrected chi connectivity index (χ4v) is 2.26. The Morgan fingerprint density at radius 3 is 2.64 bits per heavy atom. The van der Waals surface area contributed by atoms with E-state index in [2.05, 4.69) is 5.32 Å². The van der Waals surface area contributed by atoms with Crippen molar-refractivity contribution in [3.05, 3.63) is 47.2 Å². The van der Waals surface area contributed by atoms with Crippen LogP contribution in [0.2, 0.25) is 0 Å². The van der Waals surface area contributed by atoms with Gasteiger partial charge in [-0.25, -0.2) is 4.79 Å². The average molecular weight is 302 g/mol. The highest BCUT2D eigenvalue weighted by Crippen LogP contribution is 2.22. The number of nitrogens with zero attached hydrogens (tertiary/aromatic N) is 1. The predicted molar refractivity (Wildman–Crippen MR) is 79.0 cm³/mol. The quantitative estimate of drug-likeness (QED) is 0.888. The molecule has 1 aliphatic carbocycles. The number of rotatable bonds is 4. The summed E-state index contributed by atoms with van der Waals surface area (Å²) in [6.07, 6.45) is 1.41. The highest BCUT2D eigenvalue weighted by Gasteiger charge is 2.33. The van der Waals surface area contributed by atoms with E-state index in [0.29, 0.717) is 0 Å². The summed E-state index contributed by atoms with van der Waals surface area (Å²) < 4.78 is 5.20. The molecule has 22 heavy (non-hydrogen) atoms. The molecule has 2 amide bonds. The highest BCUT2D eigenvalue weighted by atomic mass is 16.6. The van der Waals surface area contributed by atoms with Crippen LogP contribution in [0.3, 0.4) is 0 Å². The third kappa shape index (κ3) is 3.39. The lowest BCUT2D eigenvalue weighted by molar-refractivity contribution is -0.117. The van der Waals surface area contributed by atoms with Gasteiger partial charge >= 0.3 is 6.09 Å². The van der Waals surface area contributed by atoms with E-state index in [1.54, 1.807) is 0 Å². The van der Waals surface area contributed by atoms with Crippen LogP contribution < -0.4 is 5.32 Å². The molecular formula is C16H18N2O4. The van der Waals surface area contributed by atoms with Crippen molar-refractivity contribution in [2.45, 2.75) is 25.5 Å². The molecular weight excluding hydrogens is 284 g/mol. The van der Waals surface area contributed by atoms with Crippen LogP contribution in [0.4, 0.5) is 4.79 Å². The molecule has 1 aromatic rings. The third-order valence-corrected chi connectivity index (χ3v) is 3.69. The van der Waals surface area contributed by atoms with Gasteiger partial charge in [-0.15, -0.1) is 0 Å². The van der Waals surface area contributed by atoms with Gasteiger partial charge in [-0.2, -0.15) is 0 Å².